The summed E-state index contributed by atoms with van der Waals surface area (Å²) in [5, 5.41) is 27.4. The predicted octanol–water partition coefficient (Wildman–Crippen LogP) is 4.31. The number of thiazole rings is 1. The number of carbonyl (C=O) groups is 2. The quantitative estimate of drug-likeness (QED) is 0.441. The van der Waals surface area contributed by atoms with E-state index < -0.39 is 23.4 Å². The molecule has 0 unspecified atom stereocenters. The maximum atomic E-state index is 13.5. The first-order chi connectivity index (χ1) is 16.0. The normalized spacial score (nSPS) is 11.2. The molecule has 10 nitrogen and oxygen atoms in total. The van der Waals surface area contributed by atoms with E-state index in [1.807, 2.05) is 6.07 Å². The van der Waals surface area contributed by atoms with E-state index in [-0.39, 0.29) is 36.2 Å². The van der Waals surface area contributed by atoms with Gasteiger partial charge in [-0.15, -0.1) is 16.4 Å². The van der Waals surface area contributed by atoms with Crippen LogP contribution in [0.2, 0.25) is 5.02 Å². The van der Waals surface area contributed by atoms with Gasteiger partial charge in [0.15, 0.2) is 11.4 Å². The Balaban J connectivity index is 1.69. The highest BCUT2D eigenvalue weighted by atomic mass is 35.5. The number of carboxylic acid groups (broad SMARTS) is 1. The maximum absolute atomic E-state index is 13.5. The van der Waals surface area contributed by atoms with Gasteiger partial charge in [-0.1, -0.05) is 11.6 Å². The van der Waals surface area contributed by atoms with Gasteiger partial charge in [-0.3, -0.25) is 4.79 Å². The Morgan fingerprint density at radius 1 is 1.29 bits per heavy atom. The molecule has 13 heteroatoms. The Hall–Kier alpha value is -3.56. The number of aliphatic carboxylic acids is 1. The zero-order chi connectivity index (χ0) is 25.0. The van der Waals surface area contributed by atoms with Crippen LogP contribution >= 0.6 is 22.9 Å². The van der Waals surface area contributed by atoms with Crippen LogP contribution in [0, 0.1) is 29.5 Å². The third-order valence-corrected chi connectivity index (χ3v) is 5.90. The summed E-state index contributed by atoms with van der Waals surface area (Å²) in [6, 6.07) is 6.24. The Morgan fingerprint density at radius 3 is 2.68 bits per heavy atom. The van der Waals surface area contributed by atoms with Crippen molar-refractivity contribution in [3.05, 3.63) is 39.6 Å². The molecular formula is C21H19ClFN5O5S. The van der Waals surface area contributed by atoms with Crippen LogP contribution in [0.4, 0.5) is 9.18 Å². The van der Waals surface area contributed by atoms with Crippen LogP contribution in [0.5, 0.6) is 0 Å². The van der Waals surface area contributed by atoms with Crippen molar-refractivity contribution in [1.82, 2.24) is 20.0 Å². The Bertz CT molecular complexity index is 1280. The highest BCUT2D eigenvalue weighted by Gasteiger charge is 2.29. The SMILES string of the molecule is Cc1sc(-c2ccc(F)c(Cl)c2)nc1-c1nn(CCOC(=O)OCC(C)(C)C(=O)O)nc1C#N. The number of carbonyl (C=O) groups excluding carboxylic acids is 1. The fourth-order valence-corrected chi connectivity index (χ4v) is 3.70. The van der Waals surface area contributed by atoms with Gasteiger partial charge < -0.3 is 14.6 Å². The molecule has 0 amide bonds. The van der Waals surface area contributed by atoms with Gasteiger partial charge in [0.05, 0.1) is 17.0 Å². The fraction of sp³-hybridized carbons (Fsp3) is 0.333. The van der Waals surface area contributed by atoms with Crippen molar-refractivity contribution in [2.24, 2.45) is 5.41 Å². The molecule has 3 rings (SSSR count). The van der Waals surface area contributed by atoms with Gasteiger partial charge in [0.2, 0.25) is 0 Å². The second-order valence-corrected chi connectivity index (χ2v) is 9.34. The predicted molar refractivity (Wildman–Crippen MR) is 120 cm³/mol. The van der Waals surface area contributed by atoms with Crippen molar-refractivity contribution in [2.45, 2.75) is 27.3 Å². The topological polar surface area (TPSA) is 140 Å². The minimum atomic E-state index is -1.25. The number of halogens is 2. The van der Waals surface area contributed by atoms with Gasteiger partial charge in [-0.05, 0) is 39.0 Å². The molecule has 0 aliphatic heterocycles. The molecule has 2 heterocycles. The number of aromatic nitrogens is 4. The van der Waals surface area contributed by atoms with E-state index >= 15 is 0 Å². The summed E-state index contributed by atoms with van der Waals surface area (Å²) < 4.78 is 23.2. The molecule has 0 saturated heterocycles. The minimum absolute atomic E-state index is 0.0235. The number of hydrogen-bond donors (Lipinski definition) is 1. The summed E-state index contributed by atoms with van der Waals surface area (Å²) in [6.45, 7) is 4.14. The summed E-state index contributed by atoms with van der Waals surface area (Å²) >= 11 is 7.20. The van der Waals surface area contributed by atoms with Crippen LogP contribution in [-0.4, -0.2) is 50.4 Å². The minimum Gasteiger partial charge on any atom is -0.481 e. The molecular weight excluding hydrogens is 489 g/mol. The zero-order valence-electron chi connectivity index (χ0n) is 18.3. The molecule has 2 aromatic heterocycles. The Kier molecular flexibility index (Phi) is 7.48. The Labute approximate surface area is 202 Å². The molecule has 0 fully saturated rings. The van der Waals surface area contributed by atoms with Gasteiger partial charge in [-0.25, -0.2) is 14.2 Å². The van der Waals surface area contributed by atoms with E-state index in [1.165, 1.54) is 42.1 Å². The maximum Gasteiger partial charge on any atom is 0.508 e. The van der Waals surface area contributed by atoms with Crippen LogP contribution in [-0.2, 0) is 20.8 Å². The van der Waals surface area contributed by atoms with Crippen molar-refractivity contribution < 1.29 is 28.6 Å². The number of carboxylic acids is 1. The van der Waals surface area contributed by atoms with E-state index in [4.69, 9.17) is 26.2 Å². The van der Waals surface area contributed by atoms with Crippen LogP contribution < -0.4 is 0 Å². The molecule has 0 bridgehead atoms. The second-order valence-electron chi connectivity index (χ2n) is 7.73. The molecule has 0 radical (unpaired) electrons. The number of benzene rings is 1. The number of hydrogen-bond acceptors (Lipinski definition) is 9. The third kappa shape index (κ3) is 5.67. The number of nitriles is 1. The second kappa shape index (κ2) is 10.1. The van der Waals surface area contributed by atoms with Crippen LogP contribution in [0.3, 0.4) is 0 Å². The smallest absolute Gasteiger partial charge is 0.481 e. The third-order valence-electron chi connectivity index (χ3n) is 4.59. The van der Waals surface area contributed by atoms with E-state index in [2.05, 4.69) is 15.2 Å². The van der Waals surface area contributed by atoms with Gasteiger partial charge in [0, 0.05) is 10.4 Å². The summed E-state index contributed by atoms with van der Waals surface area (Å²) in [5.74, 6) is -1.65. The monoisotopic (exact) mass is 507 g/mol. The van der Waals surface area contributed by atoms with Gasteiger partial charge in [0.1, 0.15) is 35.8 Å². The van der Waals surface area contributed by atoms with Crippen molar-refractivity contribution in [3.63, 3.8) is 0 Å². The molecule has 178 valence electrons. The lowest BCUT2D eigenvalue weighted by Crippen LogP contribution is -2.30. The van der Waals surface area contributed by atoms with Crippen molar-refractivity contribution >= 4 is 35.1 Å². The number of aryl methyl sites for hydroxylation is 1. The summed E-state index contributed by atoms with van der Waals surface area (Å²) in [4.78, 5) is 29.2. The highest BCUT2D eigenvalue weighted by molar-refractivity contribution is 7.15. The number of nitrogens with zero attached hydrogens (tertiary/aromatic N) is 5. The lowest BCUT2D eigenvalue weighted by atomic mass is 9.95. The lowest BCUT2D eigenvalue weighted by Gasteiger charge is -2.18. The Morgan fingerprint density at radius 2 is 2.03 bits per heavy atom. The van der Waals surface area contributed by atoms with Crippen molar-refractivity contribution in [3.8, 4) is 28.0 Å². The molecule has 0 saturated carbocycles. The number of rotatable bonds is 8. The molecule has 0 aliphatic rings. The van der Waals surface area contributed by atoms with E-state index in [9.17, 15) is 19.2 Å². The first-order valence-electron chi connectivity index (χ1n) is 9.83. The molecule has 0 atom stereocenters. The fourth-order valence-electron chi connectivity index (χ4n) is 2.60. The van der Waals surface area contributed by atoms with Crippen LogP contribution in [0.1, 0.15) is 24.4 Å². The first kappa shape index (κ1) is 25.1. The van der Waals surface area contributed by atoms with Crippen LogP contribution in [0.25, 0.3) is 22.0 Å². The lowest BCUT2D eigenvalue weighted by molar-refractivity contribution is -0.149. The zero-order valence-corrected chi connectivity index (χ0v) is 19.9. The molecule has 1 N–H and O–H groups in total. The van der Waals surface area contributed by atoms with E-state index in [1.54, 1.807) is 13.0 Å². The molecule has 34 heavy (non-hydrogen) atoms. The largest absolute Gasteiger partial charge is 0.508 e. The molecule has 0 aliphatic carbocycles. The van der Waals surface area contributed by atoms with E-state index in [0.29, 0.717) is 16.3 Å². The average molecular weight is 508 g/mol. The first-order valence-corrected chi connectivity index (χ1v) is 11.0. The highest BCUT2D eigenvalue weighted by Crippen LogP contribution is 2.34. The van der Waals surface area contributed by atoms with Gasteiger partial charge >= 0.3 is 12.1 Å². The summed E-state index contributed by atoms with van der Waals surface area (Å²) in [7, 11) is 0. The average Bonchev–Trinajstić information content (AvgIpc) is 3.37. The van der Waals surface area contributed by atoms with Gasteiger partial charge in [0.25, 0.3) is 0 Å². The van der Waals surface area contributed by atoms with Gasteiger partial charge in [-0.2, -0.15) is 15.2 Å². The van der Waals surface area contributed by atoms with E-state index in [0.717, 1.165) is 4.88 Å². The standard InChI is InChI=1S/C21H19ClFN5O5S/c1-11-16(25-18(34-11)12-4-5-14(23)13(22)8-12)17-15(9-24)26-28(27-17)6-7-32-20(31)33-10-21(2,3)19(29)30/h4-5,8H,6-7,10H2,1-3H3,(H,29,30). The molecule has 0 spiro atoms. The number of ether oxygens (including phenoxy) is 2. The molecule has 3 aromatic rings. The molecule has 1 aromatic carbocycles. The van der Waals surface area contributed by atoms with Crippen molar-refractivity contribution in [2.75, 3.05) is 13.2 Å². The summed E-state index contributed by atoms with van der Waals surface area (Å²) in [6.07, 6.45) is -1.03. The van der Waals surface area contributed by atoms with Crippen molar-refractivity contribution in [1.29, 1.82) is 5.26 Å². The van der Waals surface area contributed by atoms with Crippen LogP contribution in [0.15, 0.2) is 18.2 Å². The summed E-state index contributed by atoms with van der Waals surface area (Å²) in [5.41, 5.74) is 0.0984.